The maximum Gasteiger partial charge on any atom is 0.0626 e. The second-order valence-corrected chi connectivity index (χ2v) is 4.57. The van der Waals surface area contributed by atoms with E-state index in [1.165, 1.54) is 5.56 Å². The first-order valence-corrected chi connectivity index (χ1v) is 6.08. The second kappa shape index (κ2) is 6.26. The molecule has 2 N–H and O–H groups in total. The Kier molecular flexibility index (Phi) is 5.29. The molecule has 1 unspecified atom stereocenters. The van der Waals surface area contributed by atoms with Gasteiger partial charge in [0.05, 0.1) is 12.6 Å². The van der Waals surface area contributed by atoms with Gasteiger partial charge in [0.25, 0.3) is 0 Å². The number of aliphatic hydroxyl groups is 1. The van der Waals surface area contributed by atoms with Crippen molar-refractivity contribution in [2.45, 2.75) is 26.3 Å². The quantitative estimate of drug-likeness (QED) is 0.863. The molecule has 1 aromatic carbocycles. The summed E-state index contributed by atoms with van der Waals surface area (Å²) in [5.74, 6) is 0. The number of aryl methyl sites for hydroxylation is 1. The van der Waals surface area contributed by atoms with Crippen LogP contribution in [0.1, 0.15) is 30.5 Å². The van der Waals surface area contributed by atoms with Crippen LogP contribution in [0, 0.1) is 6.92 Å². The van der Waals surface area contributed by atoms with Crippen molar-refractivity contribution in [1.82, 2.24) is 5.32 Å². The fourth-order valence-corrected chi connectivity index (χ4v) is 2.28. The highest BCUT2D eigenvalue weighted by Gasteiger charge is 2.12. The van der Waals surface area contributed by atoms with Gasteiger partial charge in [-0.15, -0.1) is 0 Å². The summed E-state index contributed by atoms with van der Waals surface area (Å²) in [5, 5.41) is 12.6. The first-order chi connectivity index (χ1) is 7.19. The van der Waals surface area contributed by atoms with Gasteiger partial charge in [0.2, 0.25) is 0 Å². The van der Waals surface area contributed by atoms with Crippen molar-refractivity contribution in [3.63, 3.8) is 0 Å². The van der Waals surface area contributed by atoms with Crippen LogP contribution in [0.3, 0.4) is 0 Å². The number of hydrogen-bond acceptors (Lipinski definition) is 2. The first-order valence-electron chi connectivity index (χ1n) is 5.29. The van der Waals surface area contributed by atoms with E-state index in [1.807, 2.05) is 0 Å². The molecule has 15 heavy (non-hydrogen) atoms. The third-order valence-corrected chi connectivity index (χ3v) is 3.04. The summed E-state index contributed by atoms with van der Waals surface area (Å²) in [4.78, 5) is 0. The summed E-state index contributed by atoms with van der Waals surface area (Å²) in [6, 6.07) is 6.23. The van der Waals surface area contributed by atoms with E-state index in [4.69, 9.17) is 0 Å². The minimum Gasteiger partial charge on any atom is -0.394 e. The number of benzene rings is 1. The van der Waals surface area contributed by atoms with Crippen LogP contribution < -0.4 is 5.32 Å². The lowest BCUT2D eigenvalue weighted by atomic mass is 10.1. The minimum absolute atomic E-state index is 0.0277. The predicted molar refractivity (Wildman–Crippen MR) is 67.0 cm³/mol. The van der Waals surface area contributed by atoms with Crippen LogP contribution in [0.25, 0.3) is 0 Å². The highest BCUT2D eigenvalue weighted by atomic mass is 79.9. The van der Waals surface area contributed by atoms with E-state index in [1.54, 1.807) is 0 Å². The van der Waals surface area contributed by atoms with Gasteiger partial charge >= 0.3 is 0 Å². The zero-order valence-electron chi connectivity index (χ0n) is 9.26. The molecule has 0 amide bonds. The molecule has 0 heterocycles. The fourth-order valence-electron chi connectivity index (χ4n) is 1.51. The highest BCUT2D eigenvalue weighted by molar-refractivity contribution is 9.10. The van der Waals surface area contributed by atoms with Crippen molar-refractivity contribution >= 4 is 15.9 Å². The van der Waals surface area contributed by atoms with Gasteiger partial charge in [0.1, 0.15) is 0 Å². The molecule has 2 nitrogen and oxygen atoms in total. The summed E-state index contributed by atoms with van der Waals surface area (Å²) in [5.41, 5.74) is 2.34. The molecule has 0 aliphatic carbocycles. The average Bonchev–Trinajstić information content (AvgIpc) is 2.21. The largest absolute Gasteiger partial charge is 0.394 e. The Bertz CT molecular complexity index is 314. The molecule has 3 heteroatoms. The normalized spacial score (nSPS) is 12.8. The maximum absolute atomic E-state index is 9.32. The van der Waals surface area contributed by atoms with E-state index in [-0.39, 0.29) is 12.6 Å². The molecule has 0 fully saturated rings. The average molecular weight is 272 g/mol. The van der Waals surface area contributed by atoms with E-state index >= 15 is 0 Å². The topological polar surface area (TPSA) is 32.3 Å². The molecule has 0 radical (unpaired) electrons. The van der Waals surface area contributed by atoms with Gasteiger partial charge in [-0.25, -0.2) is 0 Å². The number of halogens is 1. The fraction of sp³-hybridized carbons (Fsp3) is 0.500. The molecule has 0 aromatic heterocycles. The minimum atomic E-state index is 0.0277. The van der Waals surface area contributed by atoms with Gasteiger partial charge in [0.15, 0.2) is 0 Å². The molecule has 84 valence electrons. The van der Waals surface area contributed by atoms with E-state index in [0.29, 0.717) is 0 Å². The Morgan fingerprint density at radius 3 is 2.73 bits per heavy atom. The van der Waals surface area contributed by atoms with Gasteiger partial charge in [-0.1, -0.05) is 35.0 Å². The summed E-state index contributed by atoms with van der Waals surface area (Å²) in [6.45, 7) is 5.22. The van der Waals surface area contributed by atoms with Crippen LogP contribution in [0.15, 0.2) is 22.7 Å². The van der Waals surface area contributed by atoms with Crippen molar-refractivity contribution in [2.75, 3.05) is 13.2 Å². The van der Waals surface area contributed by atoms with E-state index in [2.05, 4.69) is 53.3 Å². The number of nitrogens with one attached hydrogen (secondary N) is 1. The smallest absolute Gasteiger partial charge is 0.0626 e. The van der Waals surface area contributed by atoms with Crippen molar-refractivity contribution in [1.29, 1.82) is 0 Å². The third kappa shape index (κ3) is 3.59. The van der Waals surface area contributed by atoms with Crippen LogP contribution >= 0.6 is 15.9 Å². The van der Waals surface area contributed by atoms with E-state index in [0.717, 1.165) is 23.0 Å². The van der Waals surface area contributed by atoms with E-state index in [9.17, 15) is 5.11 Å². The summed E-state index contributed by atoms with van der Waals surface area (Å²) in [6.07, 6.45) is 1.07. The Morgan fingerprint density at radius 1 is 1.47 bits per heavy atom. The van der Waals surface area contributed by atoms with Crippen molar-refractivity contribution in [2.24, 2.45) is 0 Å². The van der Waals surface area contributed by atoms with Crippen molar-refractivity contribution < 1.29 is 5.11 Å². The molecule has 1 aromatic rings. The van der Waals surface area contributed by atoms with Gasteiger partial charge in [-0.2, -0.15) is 0 Å². The summed E-state index contributed by atoms with van der Waals surface area (Å²) >= 11 is 3.53. The van der Waals surface area contributed by atoms with Crippen LogP contribution in [0.2, 0.25) is 0 Å². The number of rotatable bonds is 5. The lowest BCUT2D eigenvalue weighted by Gasteiger charge is -2.18. The standard InChI is InChI=1S/C12H18BrNO/c1-3-6-14-12(8-15)10-5-4-9(2)7-11(10)13/h4-5,7,12,14-15H,3,6,8H2,1-2H3. The van der Waals surface area contributed by atoms with Gasteiger partial charge in [-0.3, -0.25) is 0 Å². The molecule has 0 saturated carbocycles. The lowest BCUT2D eigenvalue weighted by Crippen LogP contribution is -2.25. The Hall–Kier alpha value is -0.380. The molecule has 0 spiro atoms. The lowest BCUT2D eigenvalue weighted by molar-refractivity contribution is 0.244. The summed E-state index contributed by atoms with van der Waals surface area (Å²) < 4.78 is 1.06. The monoisotopic (exact) mass is 271 g/mol. The predicted octanol–water partition coefficient (Wildman–Crippen LogP) is 2.79. The van der Waals surface area contributed by atoms with Crippen LogP contribution in [-0.2, 0) is 0 Å². The molecule has 0 aliphatic heterocycles. The number of hydrogen-bond donors (Lipinski definition) is 2. The molecule has 0 bridgehead atoms. The van der Waals surface area contributed by atoms with Gasteiger partial charge in [0, 0.05) is 4.47 Å². The maximum atomic E-state index is 9.32. The van der Waals surface area contributed by atoms with Crippen LogP contribution in [-0.4, -0.2) is 18.3 Å². The van der Waals surface area contributed by atoms with Crippen LogP contribution in [0.5, 0.6) is 0 Å². The molecule has 0 aliphatic rings. The third-order valence-electron chi connectivity index (χ3n) is 2.35. The Labute approximate surface area is 99.8 Å². The van der Waals surface area contributed by atoms with Crippen molar-refractivity contribution in [3.8, 4) is 0 Å². The zero-order valence-corrected chi connectivity index (χ0v) is 10.8. The molecule has 1 atom stereocenters. The Morgan fingerprint density at radius 2 is 2.20 bits per heavy atom. The Balaban J connectivity index is 2.81. The molecular formula is C12H18BrNO. The van der Waals surface area contributed by atoms with Crippen LogP contribution in [0.4, 0.5) is 0 Å². The van der Waals surface area contributed by atoms with E-state index < -0.39 is 0 Å². The zero-order chi connectivity index (χ0) is 11.3. The SMILES string of the molecule is CCCNC(CO)c1ccc(C)cc1Br. The highest BCUT2D eigenvalue weighted by Crippen LogP contribution is 2.24. The van der Waals surface area contributed by atoms with Gasteiger partial charge < -0.3 is 10.4 Å². The van der Waals surface area contributed by atoms with Gasteiger partial charge in [-0.05, 0) is 37.1 Å². The molecule has 0 saturated heterocycles. The first kappa shape index (κ1) is 12.7. The summed E-state index contributed by atoms with van der Waals surface area (Å²) in [7, 11) is 0. The van der Waals surface area contributed by atoms with Crippen molar-refractivity contribution in [3.05, 3.63) is 33.8 Å². The second-order valence-electron chi connectivity index (χ2n) is 3.71. The molecular weight excluding hydrogens is 254 g/mol. The molecule has 1 rings (SSSR count). The number of aliphatic hydroxyl groups excluding tert-OH is 1.